The van der Waals surface area contributed by atoms with E-state index in [4.69, 9.17) is 0 Å². The van der Waals surface area contributed by atoms with Crippen molar-refractivity contribution in [3.8, 4) is 0 Å². The van der Waals surface area contributed by atoms with Crippen LogP contribution in [0.25, 0.3) is 0 Å². The van der Waals surface area contributed by atoms with E-state index in [1.165, 1.54) is 0 Å². The Kier molecular flexibility index (Phi) is 2.60. The highest BCUT2D eigenvalue weighted by Crippen LogP contribution is 2.30. The molecule has 72 valence electrons. The van der Waals surface area contributed by atoms with E-state index in [1.807, 2.05) is 22.9 Å². The SMILES string of the molecule is CC(n1cccc1C=O)C(C)(C)C. The van der Waals surface area contributed by atoms with Crippen LogP contribution < -0.4 is 0 Å². The molecule has 0 aliphatic heterocycles. The monoisotopic (exact) mass is 179 g/mol. The van der Waals surface area contributed by atoms with Crippen LogP contribution in [0.3, 0.4) is 0 Å². The van der Waals surface area contributed by atoms with Crippen molar-refractivity contribution < 1.29 is 4.79 Å². The lowest BCUT2D eigenvalue weighted by Crippen LogP contribution is -2.22. The second kappa shape index (κ2) is 3.36. The molecule has 1 unspecified atom stereocenters. The van der Waals surface area contributed by atoms with Crippen molar-refractivity contribution in [1.82, 2.24) is 4.57 Å². The van der Waals surface area contributed by atoms with E-state index in [0.29, 0.717) is 6.04 Å². The Morgan fingerprint density at radius 2 is 2.08 bits per heavy atom. The van der Waals surface area contributed by atoms with Crippen molar-refractivity contribution in [1.29, 1.82) is 0 Å². The van der Waals surface area contributed by atoms with Gasteiger partial charge in [-0.05, 0) is 24.5 Å². The van der Waals surface area contributed by atoms with Gasteiger partial charge in [0, 0.05) is 12.2 Å². The smallest absolute Gasteiger partial charge is 0.166 e. The summed E-state index contributed by atoms with van der Waals surface area (Å²) in [6.45, 7) is 8.65. The number of hydrogen-bond donors (Lipinski definition) is 0. The highest BCUT2D eigenvalue weighted by atomic mass is 16.1. The summed E-state index contributed by atoms with van der Waals surface area (Å²) in [6, 6.07) is 4.09. The minimum atomic E-state index is 0.177. The number of carbonyl (C=O) groups excluding carboxylic acids is 1. The molecule has 2 heteroatoms. The van der Waals surface area contributed by atoms with Gasteiger partial charge in [0.15, 0.2) is 6.29 Å². The third kappa shape index (κ3) is 2.00. The molecule has 1 aromatic rings. The molecule has 2 nitrogen and oxygen atoms in total. The van der Waals surface area contributed by atoms with Crippen LogP contribution in [-0.2, 0) is 0 Å². The molecule has 0 bridgehead atoms. The lowest BCUT2D eigenvalue weighted by atomic mass is 9.88. The fourth-order valence-electron chi connectivity index (χ4n) is 1.28. The number of carbonyl (C=O) groups is 1. The van der Waals surface area contributed by atoms with Gasteiger partial charge >= 0.3 is 0 Å². The molecule has 0 amide bonds. The average molecular weight is 179 g/mol. The largest absolute Gasteiger partial charge is 0.342 e. The predicted octanol–water partition coefficient (Wildman–Crippen LogP) is 2.91. The van der Waals surface area contributed by atoms with Gasteiger partial charge in [-0.3, -0.25) is 4.79 Å². The number of aldehydes is 1. The standard InChI is InChI=1S/C11H17NO/c1-9(11(2,3)4)12-7-5-6-10(12)8-13/h5-9H,1-4H3. The normalized spacial score (nSPS) is 14.2. The van der Waals surface area contributed by atoms with Gasteiger partial charge in [-0.25, -0.2) is 0 Å². The van der Waals surface area contributed by atoms with E-state index < -0.39 is 0 Å². The molecular formula is C11H17NO. The molecule has 0 radical (unpaired) electrons. The van der Waals surface area contributed by atoms with Gasteiger partial charge in [-0.15, -0.1) is 0 Å². The molecule has 0 aliphatic rings. The Labute approximate surface area is 79.6 Å². The minimum Gasteiger partial charge on any atom is -0.342 e. The second-order valence-corrected chi connectivity index (χ2v) is 4.50. The van der Waals surface area contributed by atoms with E-state index in [1.54, 1.807) is 0 Å². The molecule has 0 aliphatic carbocycles. The molecule has 1 rings (SSSR count). The number of aromatic nitrogens is 1. The van der Waals surface area contributed by atoms with Gasteiger partial charge in [0.25, 0.3) is 0 Å². The molecule has 0 saturated carbocycles. The number of nitrogens with zero attached hydrogens (tertiary/aromatic N) is 1. The zero-order valence-corrected chi connectivity index (χ0v) is 8.74. The van der Waals surface area contributed by atoms with Crippen LogP contribution >= 0.6 is 0 Å². The summed E-state index contributed by atoms with van der Waals surface area (Å²) >= 11 is 0. The Hall–Kier alpha value is -1.05. The summed E-state index contributed by atoms with van der Waals surface area (Å²) < 4.78 is 2.02. The molecule has 0 N–H and O–H groups in total. The Morgan fingerprint density at radius 1 is 1.46 bits per heavy atom. The average Bonchev–Trinajstić information content (AvgIpc) is 2.48. The van der Waals surface area contributed by atoms with Crippen LogP contribution in [0.15, 0.2) is 18.3 Å². The zero-order chi connectivity index (χ0) is 10.1. The second-order valence-electron chi connectivity index (χ2n) is 4.50. The van der Waals surface area contributed by atoms with Gasteiger partial charge in [-0.1, -0.05) is 20.8 Å². The van der Waals surface area contributed by atoms with Crippen LogP contribution in [0.1, 0.15) is 44.2 Å². The van der Waals surface area contributed by atoms with E-state index >= 15 is 0 Å². The summed E-state index contributed by atoms with van der Waals surface area (Å²) in [7, 11) is 0. The first-order chi connectivity index (χ1) is 5.96. The van der Waals surface area contributed by atoms with Crippen LogP contribution in [0.2, 0.25) is 0 Å². The van der Waals surface area contributed by atoms with Crippen LogP contribution in [0, 0.1) is 5.41 Å². The van der Waals surface area contributed by atoms with Gasteiger partial charge in [-0.2, -0.15) is 0 Å². The Bertz CT molecular complexity index is 293. The first kappa shape index (κ1) is 10.0. The summed E-state index contributed by atoms with van der Waals surface area (Å²) in [5.74, 6) is 0. The van der Waals surface area contributed by atoms with Crippen molar-refractivity contribution in [2.24, 2.45) is 5.41 Å². The fourth-order valence-corrected chi connectivity index (χ4v) is 1.28. The molecule has 0 aromatic carbocycles. The maximum Gasteiger partial charge on any atom is 0.166 e. The fraction of sp³-hybridized carbons (Fsp3) is 0.545. The number of hydrogen-bond acceptors (Lipinski definition) is 1. The van der Waals surface area contributed by atoms with Crippen LogP contribution in [0.4, 0.5) is 0 Å². The quantitative estimate of drug-likeness (QED) is 0.640. The Balaban J connectivity index is 3.01. The molecule has 1 heterocycles. The van der Waals surface area contributed by atoms with Crippen molar-refractivity contribution in [2.45, 2.75) is 33.7 Å². The highest BCUT2D eigenvalue weighted by Gasteiger charge is 2.22. The third-order valence-corrected chi connectivity index (χ3v) is 2.60. The van der Waals surface area contributed by atoms with Gasteiger partial charge < -0.3 is 4.57 Å². The van der Waals surface area contributed by atoms with E-state index in [9.17, 15) is 4.79 Å². The topological polar surface area (TPSA) is 22.0 Å². The molecule has 1 atom stereocenters. The summed E-state index contributed by atoms with van der Waals surface area (Å²) in [5, 5.41) is 0. The highest BCUT2D eigenvalue weighted by molar-refractivity contribution is 5.72. The molecule has 0 spiro atoms. The maximum absolute atomic E-state index is 10.7. The van der Waals surface area contributed by atoms with Crippen LogP contribution in [-0.4, -0.2) is 10.9 Å². The molecule has 0 fully saturated rings. The first-order valence-corrected chi connectivity index (χ1v) is 4.59. The van der Waals surface area contributed by atoms with Crippen LogP contribution in [0.5, 0.6) is 0 Å². The van der Waals surface area contributed by atoms with Crippen molar-refractivity contribution in [2.75, 3.05) is 0 Å². The van der Waals surface area contributed by atoms with E-state index in [-0.39, 0.29) is 5.41 Å². The van der Waals surface area contributed by atoms with Gasteiger partial charge in [0.05, 0.1) is 5.69 Å². The van der Waals surface area contributed by atoms with Crippen molar-refractivity contribution in [3.63, 3.8) is 0 Å². The molecule has 1 aromatic heterocycles. The lowest BCUT2D eigenvalue weighted by Gasteiger charge is -2.29. The van der Waals surface area contributed by atoms with E-state index in [0.717, 1.165) is 12.0 Å². The van der Waals surface area contributed by atoms with Gasteiger partial charge in [0.1, 0.15) is 0 Å². The third-order valence-electron chi connectivity index (χ3n) is 2.60. The molecule has 13 heavy (non-hydrogen) atoms. The number of rotatable bonds is 2. The predicted molar refractivity (Wildman–Crippen MR) is 54.0 cm³/mol. The Morgan fingerprint density at radius 3 is 2.54 bits per heavy atom. The van der Waals surface area contributed by atoms with Gasteiger partial charge in [0.2, 0.25) is 0 Å². The van der Waals surface area contributed by atoms with Crippen molar-refractivity contribution in [3.05, 3.63) is 24.0 Å². The minimum absolute atomic E-state index is 0.177. The summed E-state index contributed by atoms with van der Waals surface area (Å²) in [5.41, 5.74) is 0.930. The summed E-state index contributed by atoms with van der Waals surface area (Å²) in [6.07, 6.45) is 2.86. The maximum atomic E-state index is 10.7. The van der Waals surface area contributed by atoms with Crippen molar-refractivity contribution >= 4 is 6.29 Å². The lowest BCUT2D eigenvalue weighted by molar-refractivity contribution is 0.110. The van der Waals surface area contributed by atoms with E-state index in [2.05, 4.69) is 27.7 Å². The molecule has 0 saturated heterocycles. The summed E-state index contributed by atoms with van der Waals surface area (Å²) in [4.78, 5) is 10.7. The zero-order valence-electron chi connectivity index (χ0n) is 8.74. The molecular weight excluding hydrogens is 162 g/mol. The first-order valence-electron chi connectivity index (χ1n) is 4.59.